The van der Waals surface area contributed by atoms with Gasteiger partial charge in [0.15, 0.2) is 6.10 Å². The van der Waals surface area contributed by atoms with E-state index in [0.29, 0.717) is 5.56 Å². The molecule has 9 heteroatoms. The molecular formula is C14H15N3O6. The second-order valence-electron chi connectivity index (χ2n) is 4.33. The van der Waals surface area contributed by atoms with Gasteiger partial charge in [-0.15, -0.1) is 0 Å². The Kier molecular flexibility index (Phi) is 6.41. The maximum absolute atomic E-state index is 11.6. The van der Waals surface area contributed by atoms with Crippen molar-refractivity contribution >= 4 is 29.7 Å². The summed E-state index contributed by atoms with van der Waals surface area (Å²) in [5.74, 6) is -1.55. The lowest BCUT2D eigenvalue weighted by Crippen LogP contribution is -2.43. The number of non-ortho nitro benzene ring substituents is 1. The first kappa shape index (κ1) is 17.8. The number of urea groups is 1. The summed E-state index contributed by atoms with van der Waals surface area (Å²) in [5, 5.41) is 14.7. The van der Waals surface area contributed by atoms with Crippen molar-refractivity contribution in [2.75, 3.05) is 7.05 Å². The largest absolute Gasteiger partial charge is 0.449 e. The Hall–Kier alpha value is -3.23. The van der Waals surface area contributed by atoms with Crippen molar-refractivity contribution in [2.45, 2.75) is 13.0 Å². The molecule has 0 aliphatic rings. The zero-order valence-corrected chi connectivity index (χ0v) is 12.4. The number of hydrogen-bond donors (Lipinski definition) is 2. The first-order valence-corrected chi connectivity index (χ1v) is 6.49. The molecule has 1 rings (SSSR count). The Balaban J connectivity index is 2.56. The van der Waals surface area contributed by atoms with Crippen LogP contribution < -0.4 is 10.6 Å². The van der Waals surface area contributed by atoms with Gasteiger partial charge in [-0.1, -0.05) is 0 Å². The molecule has 1 atom stereocenters. The van der Waals surface area contributed by atoms with Crippen molar-refractivity contribution in [3.8, 4) is 0 Å². The highest BCUT2D eigenvalue weighted by Crippen LogP contribution is 2.12. The van der Waals surface area contributed by atoms with Crippen LogP contribution in [0, 0.1) is 10.1 Å². The molecule has 9 nitrogen and oxygen atoms in total. The number of nitro benzene ring substituents is 1. The van der Waals surface area contributed by atoms with Crippen molar-refractivity contribution < 1.29 is 24.0 Å². The van der Waals surface area contributed by atoms with E-state index in [4.69, 9.17) is 4.74 Å². The topological polar surface area (TPSA) is 128 Å². The van der Waals surface area contributed by atoms with Gasteiger partial charge in [-0.05, 0) is 30.7 Å². The summed E-state index contributed by atoms with van der Waals surface area (Å²) >= 11 is 0. The normalized spacial score (nSPS) is 11.6. The highest BCUT2D eigenvalue weighted by molar-refractivity contribution is 5.97. The van der Waals surface area contributed by atoms with Gasteiger partial charge in [0.25, 0.3) is 11.6 Å². The molecule has 0 aromatic heterocycles. The van der Waals surface area contributed by atoms with Crippen molar-refractivity contribution in [3.63, 3.8) is 0 Å². The molecule has 0 saturated carbocycles. The monoisotopic (exact) mass is 321 g/mol. The van der Waals surface area contributed by atoms with Crippen LogP contribution in [0.15, 0.2) is 30.3 Å². The molecular weight excluding hydrogens is 306 g/mol. The van der Waals surface area contributed by atoms with Crippen molar-refractivity contribution in [2.24, 2.45) is 0 Å². The molecule has 0 spiro atoms. The Morgan fingerprint density at radius 2 is 1.87 bits per heavy atom. The predicted octanol–water partition coefficient (Wildman–Crippen LogP) is 0.995. The number of ether oxygens (including phenoxy) is 1. The molecule has 0 aliphatic heterocycles. The van der Waals surface area contributed by atoms with Gasteiger partial charge in [-0.3, -0.25) is 20.2 Å². The van der Waals surface area contributed by atoms with E-state index in [0.717, 1.165) is 6.08 Å². The predicted molar refractivity (Wildman–Crippen MR) is 80.3 cm³/mol. The van der Waals surface area contributed by atoms with Gasteiger partial charge < -0.3 is 10.1 Å². The highest BCUT2D eigenvalue weighted by Gasteiger charge is 2.18. The van der Waals surface area contributed by atoms with Crippen LogP contribution in [0.4, 0.5) is 10.5 Å². The highest BCUT2D eigenvalue weighted by atomic mass is 16.6. The number of rotatable bonds is 5. The van der Waals surface area contributed by atoms with Crippen LogP contribution in [0.25, 0.3) is 6.08 Å². The summed E-state index contributed by atoms with van der Waals surface area (Å²) in [4.78, 5) is 44.0. The maximum atomic E-state index is 11.6. The molecule has 0 unspecified atom stereocenters. The number of carbonyl (C=O) groups excluding carboxylic acids is 3. The van der Waals surface area contributed by atoms with E-state index in [9.17, 15) is 24.5 Å². The quantitative estimate of drug-likeness (QED) is 0.360. The zero-order chi connectivity index (χ0) is 17.4. The van der Waals surface area contributed by atoms with Crippen molar-refractivity contribution in [3.05, 3.63) is 46.0 Å². The Bertz CT molecular complexity index is 638. The molecule has 1 aromatic rings. The number of hydrogen-bond acceptors (Lipinski definition) is 6. The first-order chi connectivity index (χ1) is 10.8. The van der Waals surface area contributed by atoms with Crippen LogP contribution in [0.3, 0.4) is 0 Å². The lowest BCUT2D eigenvalue weighted by molar-refractivity contribution is -0.384. The minimum atomic E-state index is -1.15. The number of amides is 3. The SMILES string of the molecule is CNC(=O)NC(=O)[C@@H](C)OC(=O)/C=C/c1ccc([N+](=O)[O-])cc1. The van der Waals surface area contributed by atoms with Crippen molar-refractivity contribution in [1.82, 2.24) is 10.6 Å². The summed E-state index contributed by atoms with van der Waals surface area (Å²) in [6.45, 7) is 1.32. The van der Waals surface area contributed by atoms with E-state index in [-0.39, 0.29) is 5.69 Å². The third kappa shape index (κ3) is 5.96. The lowest BCUT2D eigenvalue weighted by atomic mass is 10.2. The summed E-state index contributed by atoms with van der Waals surface area (Å²) in [7, 11) is 1.34. The molecule has 0 fully saturated rings. The summed E-state index contributed by atoms with van der Waals surface area (Å²) in [6, 6.07) is 4.81. The summed E-state index contributed by atoms with van der Waals surface area (Å²) in [6.07, 6.45) is 1.31. The van der Waals surface area contributed by atoms with Gasteiger partial charge in [-0.2, -0.15) is 0 Å². The molecule has 3 amide bonds. The van der Waals surface area contributed by atoms with Crippen LogP contribution in [0.5, 0.6) is 0 Å². The first-order valence-electron chi connectivity index (χ1n) is 6.49. The number of nitrogens with zero attached hydrogens (tertiary/aromatic N) is 1. The lowest BCUT2D eigenvalue weighted by Gasteiger charge is -2.11. The van der Waals surface area contributed by atoms with Crippen LogP contribution >= 0.6 is 0 Å². The Morgan fingerprint density at radius 1 is 1.26 bits per heavy atom. The van der Waals surface area contributed by atoms with Crippen molar-refractivity contribution in [1.29, 1.82) is 0 Å². The molecule has 23 heavy (non-hydrogen) atoms. The van der Waals surface area contributed by atoms with Gasteiger partial charge in [0.05, 0.1) is 4.92 Å². The van der Waals surface area contributed by atoms with Gasteiger partial charge in [0, 0.05) is 25.3 Å². The number of nitrogens with one attached hydrogen (secondary N) is 2. The zero-order valence-electron chi connectivity index (χ0n) is 12.4. The molecule has 0 aliphatic carbocycles. The minimum Gasteiger partial charge on any atom is -0.449 e. The fourth-order valence-electron chi connectivity index (χ4n) is 1.41. The number of esters is 1. The minimum absolute atomic E-state index is 0.0655. The molecule has 0 saturated heterocycles. The van der Waals surface area contributed by atoms with Gasteiger partial charge in [0.2, 0.25) is 0 Å². The van der Waals surface area contributed by atoms with Gasteiger partial charge >= 0.3 is 12.0 Å². The molecule has 0 bridgehead atoms. The second-order valence-corrected chi connectivity index (χ2v) is 4.33. The van der Waals surface area contributed by atoms with E-state index in [1.807, 2.05) is 5.32 Å². The van der Waals surface area contributed by atoms with Crippen LogP contribution in [0.2, 0.25) is 0 Å². The van der Waals surface area contributed by atoms with Gasteiger partial charge in [-0.25, -0.2) is 9.59 Å². The van der Waals surface area contributed by atoms with E-state index in [1.54, 1.807) is 0 Å². The molecule has 2 N–H and O–H groups in total. The van der Waals surface area contributed by atoms with E-state index < -0.39 is 28.9 Å². The third-order valence-electron chi connectivity index (χ3n) is 2.64. The number of benzene rings is 1. The van der Waals surface area contributed by atoms with Gasteiger partial charge in [0.1, 0.15) is 0 Å². The second kappa shape index (κ2) is 8.27. The Morgan fingerprint density at radius 3 is 2.39 bits per heavy atom. The summed E-state index contributed by atoms with van der Waals surface area (Å²) in [5.41, 5.74) is 0.485. The average molecular weight is 321 g/mol. The number of nitro groups is 1. The third-order valence-corrected chi connectivity index (χ3v) is 2.64. The fraction of sp³-hybridized carbons (Fsp3) is 0.214. The van der Waals surface area contributed by atoms with E-state index >= 15 is 0 Å². The summed E-state index contributed by atoms with van der Waals surface area (Å²) < 4.78 is 4.82. The molecule has 0 radical (unpaired) electrons. The number of carbonyl (C=O) groups is 3. The fourth-order valence-corrected chi connectivity index (χ4v) is 1.41. The molecule has 122 valence electrons. The molecule has 0 heterocycles. The van der Waals surface area contributed by atoms with E-state index in [1.165, 1.54) is 44.3 Å². The number of imide groups is 1. The standard InChI is InChI=1S/C14H15N3O6/c1-9(13(19)16-14(20)15-2)23-12(18)8-5-10-3-6-11(7-4-10)17(21)22/h3-9H,1-2H3,(H2,15,16,19,20)/b8-5+/t9-/m1/s1. The Labute approximate surface area is 131 Å². The maximum Gasteiger partial charge on any atom is 0.331 e. The van der Waals surface area contributed by atoms with Crippen LogP contribution in [-0.4, -0.2) is 36.0 Å². The average Bonchev–Trinajstić information content (AvgIpc) is 2.52. The smallest absolute Gasteiger partial charge is 0.331 e. The molecule has 1 aromatic carbocycles. The van der Waals surface area contributed by atoms with Crippen LogP contribution in [0.1, 0.15) is 12.5 Å². The van der Waals surface area contributed by atoms with Crippen LogP contribution in [-0.2, 0) is 14.3 Å². The van der Waals surface area contributed by atoms with E-state index in [2.05, 4.69) is 5.32 Å².